The molecule has 276 valence electrons. The third kappa shape index (κ3) is 5.47. The van der Waals surface area contributed by atoms with Crippen LogP contribution >= 0.6 is 0 Å². The lowest BCUT2D eigenvalue weighted by atomic mass is 9.67. The fourth-order valence-electron chi connectivity index (χ4n) is 10.1. The number of hydrogen-bond acceptors (Lipinski definition) is 1. The van der Waals surface area contributed by atoms with Gasteiger partial charge < -0.3 is 4.90 Å². The van der Waals surface area contributed by atoms with Crippen LogP contribution in [0.3, 0.4) is 0 Å². The van der Waals surface area contributed by atoms with Gasteiger partial charge in [0.2, 0.25) is 0 Å². The average molecular weight is 750 g/mol. The number of nitrogens with zero attached hydrogens (tertiary/aromatic N) is 1. The summed E-state index contributed by atoms with van der Waals surface area (Å²) in [5.41, 5.74) is 18.9. The highest BCUT2D eigenvalue weighted by atomic mass is 15.1. The van der Waals surface area contributed by atoms with Crippen LogP contribution in [0.1, 0.15) is 22.6 Å². The first-order chi connectivity index (χ1) is 29.3. The number of hydrogen-bond donors (Lipinski definition) is 0. The van der Waals surface area contributed by atoms with Crippen molar-refractivity contribution >= 4 is 50.3 Å². The van der Waals surface area contributed by atoms with Crippen LogP contribution in [0.25, 0.3) is 77.7 Å². The molecule has 0 heterocycles. The molecule has 9 aromatic carbocycles. The maximum atomic E-state index is 2.43. The molecule has 0 aliphatic heterocycles. The average Bonchev–Trinajstić information content (AvgIpc) is 3.31. The molecule has 0 amide bonds. The van der Waals surface area contributed by atoms with Gasteiger partial charge in [-0.05, 0) is 137 Å². The summed E-state index contributed by atoms with van der Waals surface area (Å²) in [6.45, 7) is 0. The lowest BCUT2D eigenvalue weighted by molar-refractivity contribution is 0.710. The zero-order valence-electron chi connectivity index (χ0n) is 32.5. The van der Waals surface area contributed by atoms with Gasteiger partial charge >= 0.3 is 0 Å². The number of benzene rings is 9. The van der Waals surface area contributed by atoms with E-state index in [2.05, 4.69) is 229 Å². The molecular formula is C58H39N. The third-order valence-corrected chi connectivity index (χ3v) is 12.8. The summed E-state index contributed by atoms with van der Waals surface area (Å²) in [6.07, 6.45) is 11.8. The van der Waals surface area contributed by atoms with Crippen LogP contribution in [0.15, 0.2) is 218 Å². The van der Waals surface area contributed by atoms with E-state index in [1.165, 1.54) is 88.3 Å². The van der Waals surface area contributed by atoms with Crippen molar-refractivity contribution in [2.24, 2.45) is 5.92 Å². The number of para-hydroxylation sites is 1. The summed E-state index contributed by atoms with van der Waals surface area (Å²) >= 11 is 0. The molecule has 1 heteroatoms. The molecule has 2 unspecified atom stereocenters. The normalized spacial score (nSPS) is 15.8. The van der Waals surface area contributed by atoms with Crippen LogP contribution in [0.2, 0.25) is 0 Å². The Morgan fingerprint density at radius 1 is 0.390 bits per heavy atom. The summed E-state index contributed by atoms with van der Waals surface area (Å²) in [5, 5.41) is 5.27. The summed E-state index contributed by atoms with van der Waals surface area (Å²) in [4.78, 5) is 2.33. The summed E-state index contributed by atoms with van der Waals surface area (Å²) in [7, 11) is 0. The molecule has 0 fully saturated rings. The van der Waals surface area contributed by atoms with Gasteiger partial charge in [-0.2, -0.15) is 0 Å². The zero-order valence-corrected chi connectivity index (χ0v) is 32.5. The van der Waals surface area contributed by atoms with Crippen LogP contribution in [0.4, 0.5) is 17.1 Å². The summed E-state index contributed by atoms with van der Waals surface area (Å²) in [5.74, 6) is 0.650. The van der Waals surface area contributed by atoms with Gasteiger partial charge in [-0.15, -0.1) is 0 Å². The fourth-order valence-corrected chi connectivity index (χ4v) is 10.1. The first kappa shape index (κ1) is 33.6. The Morgan fingerprint density at radius 2 is 1.00 bits per heavy atom. The highest BCUT2D eigenvalue weighted by Gasteiger charge is 2.35. The van der Waals surface area contributed by atoms with Crippen LogP contribution in [-0.2, 0) is 0 Å². The number of fused-ring (bicyclic) bond motifs is 2. The Balaban J connectivity index is 0.969. The van der Waals surface area contributed by atoms with E-state index < -0.39 is 0 Å². The van der Waals surface area contributed by atoms with E-state index in [0.717, 1.165) is 17.1 Å². The smallest absolute Gasteiger partial charge is 0.0462 e. The zero-order chi connectivity index (χ0) is 38.9. The summed E-state index contributed by atoms with van der Waals surface area (Å²) in [6, 6.07) is 71.4. The van der Waals surface area contributed by atoms with Crippen molar-refractivity contribution in [3.63, 3.8) is 0 Å². The van der Waals surface area contributed by atoms with E-state index in [4.69, 9.17) is 0 Å². The fraction of sp³-hybridized carbons (Fsp3) is 0.0345. The number of anilines is 3. The van der Waals surface area contributed by atoms with Gasteiger partial charge in [0.1, 0.15) is 0 Å². The SMILES string of the molecule is C1=CC2C=Cc3cccc4c3C2C(=C1)c1cccc2cc(-c3cccc(-c5ccc(N(c6ccccc6)c6ccc(-c7ccccc7)cc6)cc5)c3)c3cccc-4c3c12. The predicted octanol–water partition coefficient (Wildman–Crippen LogP) is 15.8. The van der Waals surface area contributed by atoms with Gasteiger partial charge in [-0.3, -0.25) is 0 Å². The molecule has 0 N–H and O–H groups in total. The van der Waals surface area contributed by atoms with E-state index in [9.17, 15) is 0 Å². The first-order valence-corrected chi connectivity index (χ1v) is 20.7. The molecule has 9 aromatic rings. The largest absolute Gasteiger partial charge is 0.311 e. The van der Waals surface area contributed by atoms with Crippen molar-refractivity contribution in [3.05, 3.63) is 235 Å². The van der Waals surface area contributed by atoms with Crippen molar-refractivity contribution in [2.45, 2.75) is 5.92 Å². The Morgan fingerprint density at radius 3 is 1.80 bits per heavy atom. The molecule has 0 saturated carbocycles. The molecule has 3 aliphatic carbocycles. The second-order valence-corrected chi connectivity index (χ2v) is 16.0. The third-order valence-electron chi connectivity index (χ3n) is 12.8. The van der Waals surface area contributed by atoms with Gasteiger partial charge in [0, 0.05) is 28.9 Å². The molecular weight excluding hydrogens is 711 g/mol. The van der Waals surface area contributed by atoms with Crippen LogP contribution < -0.4 is 4.90 Å². The van der Waals surface area contributed by atoms with Gasteiger partial charge in [0.15, 0.2) is 0 Å². The summed E-state index contributed by atoms with van der Waals surface area (Å²) < 4.78 is 0. The Kier molecular flexibility index (Phi) is 7.74. The lowest BCUT2D eigenvalue weighted by Crippen LogP contribution is -2.19. The molecule has 1 nitrogen and oxygen atoms in total. The van der Waals surface area contributed by atoms with E-state index in [1.54, 1.807) is 0 Å². The van der Waals surface area contributed by atoms with E-state index in [1.807, 2.05) is 0 Å². The molecule has 59 heavy (non-hydrogen) atoms. The molecule has 0 bridgehead atoms. The maximum absolute atomic E-state index is 2.43. The van der Waals surface area contributed by atoms with Crippen LogP contribution in [0, 0.1) is 5.92 Å². The monoisotopic (exact) mass is 749 g/mol. The van der Waals surface area contributed by atoms with Crippen molar-refractivity contribution in [3.8, 4) is 44.5 Å². The van der Waals surface area contributed by atoms with E-state index in [-0.39, 0.29) is 0 Å². The molecule has 2 atom stereocenters. The predicted molar refractivity (Wildman–Crippen MR) is 250 cm³/mol. The topological polar surface area (TPSA) is 3.24 Å². The second-order valence-electron chi connectivity index (χ2n) is 16.0. The van der Waals surface area contributed by atoms with Crippen molar-refractivity contribution in [1.29, 1.82) is 0 Å². The molecule has 0 radical (unpaired) electrons. The van der Waals surface area contributed by atoms with Crippen LogP contribution in [-0.4, -0.2) is 0 Å². The minimum atomic E-state index is 0.299. The molecule has 0 aromatic heterocycles. The molecule has 0 saturated heterocycles. The standard InChI is InChI=1S/C58H39N/c1-3-12-38(13-4-1)39-28-32-47(33-29-39)59(46-19-5-2-6-20-46)48-34-30-40(31-35-48)43-16-7-17-44(36-43)54-37-45-18-10-23-50-49-21-8-14-41-26-27-42-15-9-22-51(56(42)55(41)49)52-24-11-25-53(54)58(52)57(45)50/h1-37,41,55H. The maximum Gasteiger partial charge on any atom is 0.0462 e. The first-order valence-electron chi connectivity index (χ1n) is 20.7. The quantitative estimate of drug-likeness (QED) is 0.153. The molecule has 0 spiro atoms. The van der Waals surface area contributed by atoms with Crippen LogP contribution in [0.5, 0.6) is 0 Å². The van der Waals surface area contributed by atoms with Gasteiger partial charge in [0.25, 0.3) is 0 Å². The second kappa shape index (κ2) is 13.6. The molecule has 3 aliphatic rings. The Bertz CT molecular complexity index is 3190. The van der Waals surface area contributed by atoms with Gasteiger partial charge in [0.05, 0.1) is 0 Å². The number of rotatable bonds is 6. The minimum absolute atomic E-state index is 0.299. The Labute approximate surface area is 345 Å². The van der Waals surface area contributed by atoms with Crippen molar-refractivity contribution < 1.29 is 0 Å². The highest BCUT2D eigenvalue weighted by Crippen LogP contribution is 2.54. The Hall–Kier alpha value is -7.48. The number of allylic oxidation sites excluding steroid dienone is 5. The van der Waals surface area contributed by atoms with Crippen molar-refractivity contribution in [1.82, 2.24) is 0 Å². The van der Waals surface area contributed by atoms with Gasteiger partial charge in [-0.1, -0.05) is 176 Å². The van der Waals surface area contributed by atoms with Crippen molar-refractivity contribution in [2.75, 3.05) is 4.90 Å². The van der Waals surface area contributed by atoms with E-state index >= 15 is 0 Å². The highest BCUT2D eigenvalue weighted by molar-refractivity contribution is 6.23. The van der Waals surface area contributed by atoms with E-state index in [0.29, 0.717) is 11.8 Å². The minimum Gasteiger partial charge on any atom is -0.311 e. The van der Waals surface area contributed by atoms with Gasteiger partial charge in [-0.25, -0.2) is 0 Å². The lowest BCUT2D eigenvalue weighted by Gasteiger charge is -2.36. The molecule has 12 rings (SSSR count).